The summed E-state index contributed by atoms with van der Waals surface area (Å²) in [6.45, 7) is -0.0287. The number of rotatable bonds is 8. The molecule has 0 saturated carbocycles. The lowest BCUT2D eigenvalue weighted by atomic mass is 9.88. The van der Waals surface area contributed by atoms with E-state index in [1.807, 2.05) is 36.4 Å². The monoisotopic (exact) mass is 391 g/mol. The van der Waals surface area contributed by atoms with Crippen molar-refractivity contribution in [2.75, 3.05) is 13.2 Å². The van der Waals surface area contributed by atoms with E-state index in [9.17, 15) is 14.0 Å². The van der Waals surface area contributed by atoms with Gasteiger partial charge in [-0.25, -0.2) is 9.18 Å². The summed E-state index contributed by atoms with van der Waals surface area (Å²) in [5.74, 6) is -1.82. The summed E-state index contributed by atoms with van der Waals surface area (Å²) in [6, 6.07) is 25.7. The van der Waals surface area contributed by atoms with Gasteiger partial charge in [0.1, 0.15) is 5.82 Å². The van der Waals surface area contributed by atoms with E-state index in [2.05, 4.69) is 29.6 Å². The Morgan fingerprint density at radius 3 is 1.97 bits per heavy atom. The van der Waals surface area contributed by atoms with Gasteiger partial charge in [-0.1, -0.05) is 72.8 Å². The lowest BCUT2D eigenvalue weighted by Crippen LogP contribution is -2.30. The van der Waals surface area contributed by atoms with Crippen molar-refractivity contribution >= 4 is 11.9 Å². The number of nitrogens with one attached hydrogen (secondary N) is 1. The van der Waals surface area contributed by atoms with Crippen molar-refractivity contribution in [3.05, 3.63) is 107 Å². The van der Waals surface area contributed by atoms with E-state index >= 15 is 0 Å². The Bertz CT molecular complexity index is 905. The molecule has 3 aromatic rings. The molecule has 0 fully saturated rings. The van der Waals surface area contributed by atoms with Crippen LogP contribution in [0.4, 0.5) is 4.39 Å². The predicted octanol–water partition coefficient (Wildman–Crippen LogP) is 4.32. The Morgan fingerprint density at radius 1 is 0.828 bits per heavy atom. The summed E-state index contributed by atoms with van der Waals surface area (Å²) >= 11 is 0. The van der Waals surface area contributed by atoms with Crippen LogP contribution in [0.5, 0.6) is 0 Å². The standard InChI is InChI=1S/C24H22FNO3/c25-22-14-8-7-13-21(22)24(28)29-17-23(27)26-16-15-20(18-9-3-1-4-10-18)19-11-5-2-6-12-19/h1-14,20H,15-17H2,(H,26,27). The van der Waals surface area contributed by atoms with Gasteiger partial charge >= 0.3 is 5.97 Å². The Morgan fingerprint density at radius 2 is 1.38 bits per heavy atom. The molecular formula is C24H22FNO3. The summed E-state index contributed by atoms with van der Waals surface area (Å²) < 4.78 is 18.5. The first-order chi connectivity index (χ1) is 14.1. The first-order valence-electron chi connectivity index (χ1n) is 9.43. The fraction of sp³-hybridized carbons (Fsp3) is 0.167. The van der Waals surface area contributed by atoms with Crippen molar-refractivity contribution in [3.63, 3.8) is 0 Å². The van der Waals surface area contributed by atoms with Crippen molar-refractivity contribution in [3.8, 4) is 0 Å². The highest BCUT2D eigenvalue weighted by molar-refractivity contribution is 5.91. The maximum Gasteiger partial charge on any atom is 0.341 e. The van der Waals surface area contributed by atoms with Crippen molar-refractivity contribution in [2.24, 2.45) is 0 Å². The van der Waals surface area contributed by atoms with Gasteiger partial charge in [0.25, 0.3) is 5.91 Å². The van der Waals surface area contributed by atoms with E-state index in [0.29, 0.717) is 13.0 Å². The third kappa shape index (κ3) is 5.75. The third-order valence-corrected chi connectivity index (χ3v) is 4.59. The first kappa shape index (κ1) is 20.3. The molecule has 0 atom stereocenters. The molecule has 1 amide bonds. The molecule has 0 bridgehead atoms. The van der Waals surface area contributed by atoms with Gasteiger partial charge < -0.3 is 10.1 Å². The fourth-order valence-corrected chi connectivity index (χ4v) is 3.14. The van der Waals surface area contributed by atoms with Gasteiger partial charge in [-0.15, -0.1) is 0 Å². The molecule has 0 spiro atoms. The fourth-order valence-electron chi connectivity index (χ4n) is 3.14. The lowest BCUT2D eigenvalue weighted by Gasteiger charge is -2.18. The first-order valence-corrected chi connectivity index (χ1v) is 9.43. The second kappa shape index (κ2) is 10.2. The van der Waals surface area contributed by atoms with E-state index in [4.69, 9.17) is 4.74 Å². The normalized spacial score (nSPS) is 10.6. The van der Waals surface area contributed by atoms with Gasteiger partial charge in [0.05, 0.1) is 5.56 Å². The highest BCUT2D eigenvalue weighted by Gasteiger charge is 2.16. The molecule has 0 aromatic heterocycles. The topological polar surface area (TPSA) is 55.4 Å². The minimum Gasteiger partial charge on any atom is -0.452 e. The van der Waals surface area contributed by atoms with Gasteiger partial charge in [0.2, 0.25) is 0 Å². The lowest BCUT2D eigenvalue weighted by molar-refractivity contribution is -0.124. The van der Waals surface area contributed by atoms with Crippen molar-refractivity contribution in [1.29, 1.82) is 0 Å². The van der Waals surface area contributed by atoms with Crippen LogP contribution in [0.25, 0.3) is 0 Å². The van der Waals surface area contributed by atoms with Crippen LogP contribution in [-0.2, 0) is 9.53 Å². The zero-order chi connectivity index (χ0) is 20.5. The van der Waals surface area contributed by atoms with Crippen LogP contribution in [0.3, 0.4) is 0 Å². The molecule has 3 aromatic carbocycles. The van der Waals surface area contributed by atoms with E-state index in [0.717, 1.165) is 0 Å². The maximum absolute atomic E-state index is 13.6. The maximum atomic E-state index is 13.6. The summed E-state index contributed by atoms with van der Waals surface area (Å²) in [6.07, 6.45) is 0.695. The van der Waals surface area contributed by atoms with E-state index < -0.39 is 24.3 Å². The minimum absolute atomic E-state index is 0.138. The van der Waals surface area contributed by atoms with Crippen molar-refractivity contribution in [1.82, 2.24) is 5.32 Å². The summed E-state index contributed by atoms with van der Waals surface area (Å²) in [4.78, 5) is 23.9. The Kier molecular flexibility index (Phi) is 7.11. The number of esters is 1. The van der Waals surface area contributed by atoms with E-state index in [1.54, 1.807) is 0 Å². The molecular weight excluding hydrogens is 369 g/mol. The number of carbonyl (C=O) groups excluding carboxylic acids is 2. The van der Waals surface area contributed by atoms with Crippen LogP contribution in [0.15, 0.2) is 84.9 Å². The average molecular weight is 391 g/mol. The number of hydrogen-bond acceptors (Lipinski definition) is 3. The average Bonchev–Trinajstić information content (AvgIpc) is 2.76. The molecule has 0 heterocycles. The number of benzene rings is 3. The minimum atomic E-state index is -0.857. The molecule has 3 rings (SSSR count). The van der Waals surface area contributed by atoms with Gasteiger partial charge in [-0.3, -0.25) is 4.79 Å². The summed E-state index contributed by atoms with van der Waals surface area (Å²) in [7, 11) is 0. The van der Waals surface area contributed by atoms with Gasteiger partial charge in [0, 0.05) is 12.5 Å². The molecule has 0 aliphatic rings. The number of carbonyl (C=O) groups is 2. The van der Waals surface area contributed by atoms with Crippen LogP contribution < -0.4 is 5.32 Å². The number of ether oxygens (including phenoxy) is 1. The predicted molar refractivity (Wildman–Crippen MR) is 109 cm³/mol. The molecule has 0 saturated heterocycles. The Labute approximate surface area is 169 Å². The molecule has 148 valence electrons. The molecule has 0 aliphatic carbocycles. The molecule has 29 heavy (non-hydrogen) atoms. The van der Waals surface area contributed by atoms with Gasteiger partial charge in [0.15, 0.2) is 6.61 Å². The zero-order valence-corrected chi connectivity index (χ0v) is 15.9. The molecule has 0 unspecified atom stereocenters. The second-order valence-electron chi connectivity index (χ2n) is 6.57. The van der Waals surface area contributed by atoms with Crippen LogP contribution in [-0.4, -0.2) is 25.0 Å². The molecule has 0 aliphatic heterocycles. The van der Waals surface area contributed by atoms with Crippen LogP contribution in [0, 0.1) is 5.82 Å². The van der Waals surface area contributed by atoms with Crippen LogP contribution in [0.2, 0.25) is 0 Å². The Hall–Kier alpha value is -3.47. The number of hydrogen-bond donors (Lipinski definition) is 1. The largest absolute Gasteiger partial charge is 0.452 e. The van der Waals surface area contributed by atoms with Gasteiger partial charge in [-0.2, -0.15) is 0 Å². The highest BCUT2D eigenvalue weighted by Crippen LogP contribution is 2.27. The zero-order valence-electron chi connectivity index (χ0n) is 15.9. The Balaban J connectivity index is 1.52. The van der Waals surface area contributed by atoms with Crippen molar-refractivity contribution < 1.29 is 18.7 Å². The van der Waals surface area contributed by atoms with Crippen LogP contribution >= 0.6 is 0 Å². The number of halogens is 1. The summed E-state index contributed by atoms with van der Waals surface area (Å²) in [5.41, 5.74) is 2.14. The van der Waals surface area contributed by atoms with E-state index in [1.165, 1.54) is 35.4 Å². The molecule has 4 nitrogen and oxygen atoms in total. The van der Waals surface area contributed by atoms with E-state index in [-0.39, 0.29) is 11.5 Å². The number of amides is 1. The third-order valence-electron chi connectivity index (χ3n) is 4.59. The molecule has 1 N–H and O–H groups in total. The summed E-state index contributed by atoms with van der Waals surface area (Å²) in [5, 5.41) is 2.76. The molecule has 0 radical (unpaired) electrons. The smallest absolute Gasteiger partial charge is 0.341 e. The van der Waals surface area contributed by atoms with Crippen LogP contribution in [0.1, 0.15) is 33.8 Å². The SMILES string of the molecule is O=C(COC(=O)c1ccccc1F)NCCC(c1ccccc1)c1ccccc1. The van der Waals surface area contributed by atoms with Gasteiger partial charge in [-0.05, 0) is 29.7 Å². The molecule has 5 heteroatoms. The second-order valence-corrected chi connectivity index (χ2v) is 6.57. The van der Waals surface area contributed by atoms with Crippen molar-refractivity contribution in [2.45, 2.75) is 12.3 Å². The quantitative estimate of drug-likeness (QED) is 0.582. The highest BCUT2D eigenvalue weighted by atomic mass is 19.1.